The lowest BCUT2D eigenvalue weighted by molar-refractivity contribution is -0.139. The molecular weight excluding hydrogens is 434 g/mol. The second-order valence-corrected chi connectivity index (χ2v) is 8.94. The van der Waals surface area contributed by atoms with Gasteiger partial charge in [0.25, 0.3) is 11.8 Å². The second-order valence-electron chi connectivity index (χ2n) is 8.94. The van der Waals surface area contributed by atoms with Gasteiger partial charge in [-0.25, -0.2) is 4.79 Å². The number of amides is 4. The van der Waals surface area contributed by atoms with Crippen LogP contribution in [0.3, 0.4) is 0 Å². The summed E-state index contributed by atoms with van der Waals surface area (Å²) in [5.41, 5.74) is 5.51. The maximum atomic E-state index is 13.1. The van der Waals surface area contributed by atoms with Gasteiger partial charge in [0.15, 0.2) is 0 Å². The van der Waals surface area contributed by atoms with E-state index in [1.165, 1.54) is 23.9 Å². The average molecular weight is 466 g/mol. The van der Waals surface area contributed by atoms with Gasteiger partial charge < -0.3 is 15.0 Å². The lowest BCUT2D eigenvalue weighted by atomic mass is 9.92. The summed E-state index contributed by atoms with van der Waals surface area (Å²) >= 11 is 0. The minimum Gasteiger partial charge on any atom is -0.497 e. The summed E-state index contributed by atoms with van der Waals surface area (Å²) in [6.07, 6.45) is 0. The van der Waals surface area contributed by atoms with Crippen LogP contribution in [-0.2, 0) is 15.1 Å². The molecule has 2 N–H and O–H groups in total. The minimum absolute atomic E-state index is 0.105. The van der Waals surface area contributed by atoms with Crippen LogP contribution in [-0.4, -0.2) is 67.6 Å². The summed E-state index contributed by atoms with van der Waals surface area (Å²) < 4.78 is 5.23. The molecule has 2 heterocycles. The number of hydrazine groups is 1. The zero-order chi connectivity index (χ0) is 24.5. The molecule has 1 atom stereocenters. The number of carbonyl (C=O) groups excluding carboxylic acids is 3. The number of anilines is 1. The van der Waals surface area contributed by atoms with Gasteiger partial charge in [-0.3, -0.25) is 19.9 Å². The van der Waals surface area contributed by atoms with Gasteiger partial charge in [0.05, 0.1) is 13.7 Å². The van der Waals surface area contributed by atoms with Crippen molar-refractivity contribution in [3.05, 3.63) is 59.2 Å². The summed E-state index contributed by atoms with van der Waals surface area (Å²) in [6, 6.07) is 12.6. The van der Waals surface area contributed by atoms with Crippen molar-refractivity contribution < 1.29 is 19.1 Å². The van der Waals surface area contributed by atoms with Crippen LogP contribution < -0.4 is 20.4 Å². The van der Waals surface area contributed by atoms with Crippen LogP contribution in [0.2, 0.25) is 0 Å². The fourth-order valence-corrected chi connectivity index (χ4v) is 4.46. The van der Waals surface area contributed by atoms with Gasteiger partial charge in [0.2, 0.25) is 0 Å². The van der Waals surface area contributed by atoms with Crippen molar-refractivity contribution in [3.8, 4) is 5.75 Å². The molecule has 9 nitrogen and oxygen atoms in total. The van der Waals surface area contributed by atoms with E-state index in [9.17, 15) is 14.4 Å². The molecule has 1 unspecified atom stereocenters. The zero-order valence-corrected chi connectivity index (χ0v) is 20.1. The molecule has 34 heavy (non-hydrogen) atoms. The molecular formula is C25H31N5O4. The number of nitrogens with one attached hydrogen (secondary N) is 2. The van der Waals surface area contributed by atoms with Gasteiger partial charge in [-0.2, -0.15) is 5.01 Å². The third-order valence-electron chi connectivity index (χ3n) is 6.73. The maximum absolute atomic E-state index is 13.1. The van der Waals surface area contributed by atoms with E-state index in [1.807, 2.05) is 4.90 Å². The van der Waals surface area contributed by atoms with Gasteiger partial charge in [-0.05, 0) is 55.7 Å². The van der Waals surface area contributed by atoms with Crippen molar-refractivity contribution in [1.29, 1.82) is 0 Å². The Hall–Kier alpha value is -3.59. The average Bonchev–Trinajstić information content (AvgIpc) is 3.05. The van der Waals surface area contributed by atoms with Crippen molar-refractivity contribution in [3.63, 3.8) is 0 Å². The van der Waals surface area contributed by atoms with E-state index in [0.29, 0.717) is 24.4 Å². The van der Waals surface area contributed by atoms with Gasteiger partial charge in [-0.1, -0.05) is 24.3 Å². The van der Waals surface area contributed by atoms with Crippen molar-refractivity contribution in [2.45, 2.75) is 26.3 Å². The number of piperazine rings is 1. The van der Waals surface area contributed by atoms with Gasteiger partial charge in [0.1, 0.15) is 11.3 Å². The molecule has 0 aliphatic carbocycles. The highest BCUT2D eigenvalue weighted by Gasteiger charge is 2.50. The summed E-state index contributed by atoms with van der Waals surface area (Å²) in [5.74, 6) is -0.374. The van der Waals surface area contributed by atoms with E-state index in [0.717, 1.165) is 18.1 Å². The van der Waals surface area contributed by atoms with E-state index in [-0.39, 0.29) is 6.54 Å². The summed E-state index contributed by atoms with van der Waals surface area (Å²) in [7, 11) is 1.53. The molecule has 180 valence electrons. The number of aryl methyl sites for hydroxylation is 1. The third kappa shape index (κ3) is 4.43. The fourth-order valence-electron chi connectivity index (χ4n) is 4.46. The molecule has 0 radical (unpaired) electrons. The molecule has 0 saturated carbocycles. The summed E-state index contributed by atoms with van der Waals surface area (Å²) in [4.78, 5) is 42.7. The number of imide groups is 1. The molecule has 0 bridgehead atoms. The molecule has 4 amide bonds. The predicted octanol–water partition coefficient (Wildman–Crippen LogP) is 1.93. The lowest BCUT2D eigenvalue weighted by Crippen LogP contribution is -2.53. The highest BCUT2D eigenvalue weighted by molar-refractivity contribution is 6.08. The van der Waals surface area contributed by atoms with Crippen molar-refractivity contribution in [2.24, 2.45) is 0 Å². The predicted molar refractivity (Wildman–Crippen MR) is 128 cm³/mol. The summed E-state index contributed by atoms with van der Waals surface area (Å²) in [5, 5.41) is 3.46. The van der Waals surface area contributed by atoms with Crippen molar-refractivity contribution in [1.82, 2.24) is 20.7 Å². The Balaban J connectivity index is 1.35. The minimum atomic E-state index is -1.30. The monoisotopic (exact) mass is 465 g/mol. The standard InChI is InChI=1S/C25H31N5O4/c1-17-7-5-10-21(18(17)2)29-13-11-28(12-14-29)16-22(31)27-30-23(32)25(3,26-24(30)33)19-8-6-9-20(15-19)34-4/h5-10,15H,11-14,16H2,1-4H3,(H,26,33)(H,27,31). The molecule has 0 aromatic heterocycles. The summed E-state index contributed by atoms with van der Waals surface area (Å²) in [6.45, 7) is 8.97. The first kappa shape index (κ1) is 23.6. The molecule has 2 fully saturated rings. The number of ether oxygens (including phenoxy) is 1. The first-order chi connectivity index (χ1) is 16.2. The first-order valence-electron chi connectivity index (χ1n) is 11.4. The van der Waals surface area contributed by atoms with Crippen LogP contribution in [0.4, 0.5) is 10.5 Å². The molecule has 0 spiro atoms. The van der Waals surface area contributed by atoms with Crippen LogP contribution >= 0.6 is 0 Å². The Morgan fingerprint density at radius 1 is 1.09 bits per heavy atom. The van der Waals surface area contributed by atoms with Crippen LogP contribution in [0.1, 0.15) is 23.6 Å². The molecule has 2 saturated heterocycles. The van der Waals surface area contributed by atoms with Gasteiger partial charge in [0, 0.05) is 31.9 Å². The van der Waals surface area contributed by atoms with E-state index in [4.69, 9.17) is 4.74 Å². The highest BCUT2D eigenvalue weighted by Crippen LogP contribution is 2.30. The molecule has 2 aromatic carbocycles. The SMILES string of the molecule is COc1cccc(C2(C)NC(=O)N(NC(=O)CN3CCN(c4cccc(C)c4C)CC3)C2=O)c1. The lowest BCUT2D eigenvalue weighted by Gasteiger charge is -2.36. The Morgan fingerprint density at radius 2 is 1.79 bits per heavy atom. The topological polar surface area (TPSA) is 94.2 Å². The molecule has 2 aliphatic heterocycles. The van der Waals surface area contributed by atoms with Crippen LogP contribution in [0.25, 0.3) is 0 Å². The van der Waals surface area contributed by atoms with Gasteiger partial charge >= 0.3 is 6.03 Å². The Labute approximate surface area is 199 Å². The van der Waals surface area contributed by atoms with E-state index < -0.39 is 23.4 Å². The largest absolute Gasteiger partial charge is 0.497 e. The maximum Gasteiger partial charge on any atom is 0.344 e. The zero-order valence-electron chi connectivity index (χ0n) is 20.1. The smallest absolute Gasteiger partial charge is 0.344 e. The Morgan fingerprint density at radius 3 is 2.50 bits per heavy atom. The molecule has 9 heteroatoms. The molecule has 4 rings (SSSR count). The number of rotatable bonds is 6. The second kappa shape index (κ2) is 9.34. The van der Waals surface area contributed by atoms with Crippen molar-refractivity contribution >= 4 is 23.5 Å². The Bertz CT molecular complexity index is 1110. The third-order valence-corrected chi connectivity index (χ3v) is 6.73. The number of hydrogen-bond acceptors (Lipinski definition) is 6. The molecule has 2 aliphatic rings. The van der Waals surface area contributed by atoms with E-state index in [1.54, 1.807) is 31.2 Å². The fraction of sp³-hybridized carbons (Fsp3) is 0.400. The Kier molecular flexibility index (Phi) is 6.47. The van der Waals surface area contributed by atoms with Crippen LogP contribution in [0, 0.1) is 13.8 Å². The number of methoxy groups -OCH3 is 1. The number of urea groups is 1. The number of carbonyl (C=O) groups is 3. The highest BCUT2D eigenvalue weighted by atomic mass is 16.5. The quantitative estimate of drug-likeness (QED) is 0.634. The van der Waals surface area contributed by atoms with Gasteiger partial charge in [-0.15, -0.1) is 0 Å². The number of nitrogens with zero attached hydrogens (tertiary/aromatic N) is 3. The van der Waals surface area contributed by atoms with Crippen LogP contribution in [0.5, 0.6) is 5.75 Å². The molecule has 2 aromatic rings. The van der Waals surface area contributed by atoms with E-state index >= 15 is 0 Å². The van der Waals surface area contributed by atoms with Crippen LogP contribution in [0.15, 0.2) is 42.5 Å². The van der Waals surface area contributed by atoms with Crippen molar-refractivity contribution in [2.75, 3.05) is 44.7 Å². The first-order valence-corrected chi connectivity index (χ1v) is 11.4. The normalized spacial score (nSPS) is 20.9. The number of benzene rings is 2. The van der Waals surface area contributed by atoms with E-state index in [2.05, 4.69) is 47.7 Å². The number of hydrogen-bond donors (Lipinski definition) is 2.